The fraction of sp³-hybridized carbons (Fsp3) is 0.360. The lowest BCUT2D eigenvalue weighted by Crippen LogP contribution is -2.42. The van der Waals surface area contributed by atoms with Crippen molar-refractivity contribution < 1.29 is 4.48 Å². The van der Waals surface area contributed by atoms with Gasteiger partial charge in [0.2, 0.25) is 4.80 Å². The first-order chi connectivity index (χ1) is 15.7. The van der Waals surface area contributed by atoms with E-state index in [0.717, 1.165) is 45.9 Å². The molecule has 8 heteroatoms. The van der Waals surface area contributed by atoms with E-state index in [4.69, 9.17) is 0 Å². The zero-order valence-electron chi connectivity index (χ0n) is 20.4. The van der Waals surface area contributed by atoms with E-state index in [1.54, 1.807) is 17.6 Å². The van der Waals surface area contributed by atoms with Crippen molar-refractivity contribution in [1.29, 1.82) is 0 Å². The van der Waals surface area contributed by atoms with E-state index in [0.29, 0.717) is 0 Å². The third-order valence-corrected chi connectivity index (χ3v) is 6.34. The summed E-state index contributed by atoms with van der Waals surface area (Å²) in [5.74, 6) is 0. The Bertz CT molecular complexity index is 1150. The van der Waals surface area contributed by atoms with Gasteiger partial charge in [-0.2, -0.15) is 15.3 Å². The highest BCUT2D eigenvalue weighted by Crippen LogP contribution is 2.22. The van der Waals surface area contributed by atoms with Crippen LogP contribution in [0.25, 0.3) is 0 Å². The van der Waals surface area contributed by atoms with Crippen molar-refractivity contribution in [2.24, 2.45) is 27.5 Å². The summed E-state index contributed by atoms with van der Waals surface area (Å²) >= 11 is 1.58. The average molecular weight is 465 g/mol. The molecule has 0 saturated heterocycles. The summed E-state index contributed by atoms with van der Waals surface area (Å²) in [7, 11) is 8.65. The first kappa shape index (κ1) is 24.5. The number of likely N-dealkylation sites (N-methyl/N-ethyl adjacent to an activating group) is 2. The molecule has 1 aromatic heterocycles. The van der Waals surface area contributed by atoms with Gasteiger partial charge in [-0.3, -0.25) is 0 Å². The molecule has 0 aliphatic heterocycles. The maximum Gasteiger partial charge on any atom is 0.210 e. The van der Waals surface area contributed by atoms with E-state index in [1.165, 1.54) is 11.4 Å². The summed E-state index contributed by atoms with van der Waals surface area (Å²) in [5.41, 5.74) is 4.98. The highest BCUT2D eigenvalue weighted by Gasteiger charge is 2.11. The smallest absolute Gasteiger partial charge is 0.210 e. The number of aromatic nitrogens is 1. The molecule has 0 fully saturated rings. The molecule has 0 spiro atoms. The van der Waals surface area contributed by atoms with E-state index in [2.05, 4.69) is 70.9 Å². The minimum atomic E-state index is 0.798. The molecule has 0 aliphatic rings. The first-order valence-corrected chi connectivity index (χ1v) is 12.0. The second-order valence-electron chi connectivity index (χ2n) is 8.96. The van der Waals surface area contributed by atoms with Gasteiger partial charge in [0, 0.05) is 30.4 Å². The molecule has 3 rings (SSSR count). The molecule has 0 unspecified atom stereocenters. The maximum atomic E-state index is 4.38. The second kappa shape index (κ2) is 11.2. The van der Waals surface area contributed by atoms with Gasteiger partial charge in [-0.25, -0.2) is 0 Å². The van der Waals surface area contributed by atoms with Gasteiger partial charge in [-0.05, 0) is 55.8 Å². The van der Waals surface area contributed by atoms with Gasteiger partial charge < -0.3 is 14.0 Å². The van der Waals surface area contributed by atoms with Crippen molar-refractivity contribution in [3.05, 3.63) is 70.0 Å². The monoisotopic (exact) mass is 464 g/mol. The van der Waals surface area contributed by atoms with Crippen molar-refractivity contribution in [3.8, 4) is 0 Å². The Morgan fingerprint density at radius 1 is 0.970 bits per heavy atom. The van der Waals surface area contributed by atoms with Crippen LogP contribution in [0.5, 0.6) is 0 Å². The van der Waals surface area contributed by atoms with Crippen LogP contribution in [0.3, 0.4) is 0 Å². The van der Waals surface area contributed by atoms with Gasteiger partial charge in [0.25, 0.3) is 0 Å². The predicted octanol–water partition coefficient (Wildman–Crippen LogP) is 5.28. The highest BCUT2D eigenvalue weighted by molar-refractivity contribution is 7.07. The molecule has 0 bridgehead atoms. The number of hydrogen-bond donors (Lipinski definition) is 0. The van der Waals surface area contributed by atoms with Crippen molar-refractivity contribution in [3.63, 3.8) is 0 Å². The van der Waals surface area contributed by atoms with Crippen LogP contribution in [0.4, 0.5) is 17.1 Å². The van der Waals surface area contributed by atoms with Gasteiger partial charge in [0.15, 0.2) is 0 Å². The molecule has 2 aromatic carbocycles. The number of aryl methyl sites for hydroxylation is 1. The quantitative estimate of drug-likeness (QED) is 0.184. The minimum absolute atomic E-state index is 0.798. The summed E-state index contributed by atoms with van der Waals surface area (Å²) in [4.78, 5) is 3.26. The van der Waals surface area contributed by atoms with Crippen LogP contribution in [0.2, 0.25) is 0 Å². The lowest BCUT2D eigenvalue weighted by Gasteiger charge is -2.29. The molecular formula is C25H34N7S+. The van der Waals surface area contributed by atoms with Crippen LogP contribution >= 0.6 is 11.3 Å². The van der Waals surface area contributed by atoms with Crippen molar-refractivity contribution in [1.82, 2.24) is 4.57 Å². The fourth-order valence-corrected chi connectivity index (χ4v) is 3.88. The Kier molecular flexibility index (Phi) is 8.30. The number of hydrogen-bond acceptors (Lipinski definition) is 6. The topological polar surface area (TPSA) is 57.6 Å². The van der Waals surface area contributed by atoms with Gasteiger partial charge in [-0.1, -0.05) is 12.1 Å². The zero-order chi connectivity index (χ0) is 23.8. The van der Waals surface area contributed by atoms with Crippen LogP contribution < -0.4 is 9.70 Å². The summed E-state index contributed by atoms with van der Waals surface area (Å²) in [6.07, 6.45) is 1.74. The molecule has 33 heavy (non-hydrogen) atoms. The maximum absolute atomic E-state index is 4.38. The third-order valence-electron chi connectivity index (χ3n) is 5.31. The molecule has 0 saturated carbocycles. The number of nitrogens with zero attached hydrogens (tertiary/aromatic N) is 7. The average Bonchev–Trinajstić information content (AvgIpc) is 3.11. The van der Waals surface area contributed by atoms with Gasteiger partial charge in [-0.15, -0.1) is 16.4 Å². The standard InChI is InChI=1S/C25H34N7S/c1-7-31(16-17-32(4,5)6)24-14-12-23(13-15-24)28-27-22-10-8-21(9-11-22)18-26-29-25-30(3)20(2)19-33-25/h8-15,18-19H,7,16-17H2,1-6H3/q+1/b26-18+,28-27+,29-25-. The highest BCUT2D eigenvalue weighted by atomic mass is 32.1. The molecule has 0 atom stereocenters. The van der Waals surface area contributed by atoms with E-state index in [1.807, 2.05) is 54.9 Å². The van der Waals surface area contributed by atoms with Gasteiger partial charge in [0.05, 0.1) is 51.8 Å². The lowest BCUT2D eigenvalue weighted by molar-refractivity contribution is -0.868. The van der Waals surface area contributed by atoms with Crippen molar-refractivity contribution >= 4 is 34.6 Å². The third kappa shape index (κ3) is 7.47. The molecular weight excluding hydrogens is 430 g/mol. The fourth-order valence-electron chi connectivity index (χ4n) is 3.05. The Labute approximate surface area is 200 Å². The second-order valence-corrected chi connectivity index (χ2v) is 9.80. The van der Waals surface area contributed by atoms with E-state index in [-0.39, 0.29) is 0 Å². The zero-order valence-corrected chi connectivity index (χ0v) is 21.3. The summed E-state index contributed by atoms with van der Waals surface area (Å²) < 4.78 is 2.97. The van der Waals surface area contributed by atoms with E-state index >= 15 is 0 Å². The molecule has 0 amide bonds. The summed E-state index contributed by atoms with van der Waals surface area (Å²) in [6.45, 7) is 7.34. The largest absolute Gasteiger partial charge is 0.366 e. The predicted molar refractivity (Wildman–Crippen MR) is 139 cm³/mol. The molecule has 1 heterocycles. The molecule has 7 nitrogen and oxygen atoms in total. The number of azo groups is 1. The number of benzene rings is 2. The molecule has 3 aromatic rings. The van der Waals surface area contributed by atoms with Gasteiger partial charge in [0.1, 0.15) is 0 Å². The first-order valence-electron chi connectivity index (χ1n) is 11.1. The Hall–Kier alpha value is -3.10. The van der Waals surface area contributed by atoms with E-state index in [9.17, 15) is 0 Å². The van der Waals surface area contributed by atoms with Crippen LogP contribution in [-0.4, -0.2) is 56.0 Å². The number of anilines is 1. The van der Waals surface area contributed by atoms with Crippen LogP contribution in [-0.2, 0) is 7.05 Å². The number of quaternary nitrogens is 1. The Morgan fingerprint density at radius 2 is 1.58 bits per heavy atom. The summed E-state index contributed by atoms with van der Waals surface area (Å²) in [6, 6.07) is 16.0. The molecule has 0 aliphatic carbocycles. The molecule has 0 radical (unpaired) electrons. The minimum Gasteiger partial charge on any atom is -0.366 e. The van der Waals surface area contributed by atoms with Gasteiger partial charge >= 0.3 is 0 Å². The van der Waals surface area contributed by atoms with Crippen LogP contribution in [0.15, 0.2) is 74.3 Å². The molecule has 0 N–H and O–H groups in total. The summed E-state index contributed by atoms with van der Waals surface area (Å²) in [5, 5.41) is 19.3. The van der Waals surface area contributed by atoms with E-state index < -0.39 is 0 Å². The van der Waals surface area contributed by atoms with Crippen molar-refractivity contribution in [2.75, 3.05) is 45.7 Å². The normalized spacial score (nSPS) is 12.8. The van der Waals surface area contributed by atoms with Crippen LogP contribution in [0.1, 0.15) is 18.2 Å². The SMILES string of the molecule is CCN(CC[N+](C)(C)C)c1ccc(/N=N/c2ccc(/C=N/N=c3\scc(C)n3C)cc2)cc1. The van der Waals surface area contributed by atoms with Crippen molar-refractivity contribution in [2.45, 2.75) is 13.8 Å². The Morgan fingerprint density at radius 3 is 2.09 bits per heavy atom. The number of rotatable bonds is 9. The lowest BCUT2D eigenvalue weighted by atomic mass is 10.2. The number of thiazole rings is 1. The van der Waals surface area contributed by atoms with Crippen LogP contribution in [0, 0.1) is 6.92 Å². The molecule has 174 valence electrons. The Balaban J connectivity index is 1.60.